The highest BCUT2D eigenvalue weighted by Gasteiger charge is 2.42. The summed E-state index contributed by atoms with van der Waals surface area (Å²) in [5.41, 5.74) is 3.65. The van der Waals surface area contributed by atoms with Gasteiger partial charge in [0, 0.05) is 25.2 Å². The lowest BCUT2D eigenvalue weighted by Crippen LogP contribution is -2.25. The summed E-state index contributed by atoms with van der Waals surface area (Å²) >= 11 is 0. The van der Waals surface area contributed by atoms with Gasteiger partial charge in [-0.1, -0.05) is 81.4 Å². The highest BCUT2D eigenvalue weighted by Crippen LogP contribution is 2.40. The van der Waals surface area contributed by atoms with Gasteiger partial charge in [-0.3, -0.25) is 10.2 Å². The molecular formula is C34H38N2O5. The van der Waals surface area contributed by atoms with Gasteiger partial charge in [0.2, 0.25) is 0 Å². The molecule has 0 radical (unpaired) electrons. The van der Waals surface area contributed by atoms with Crippen molar-refractivity contribution < 1.29 is 24.2 Å². The number of benzene rings is 3. The third-order valence-corrected chi connectivity index (χ3v) is 7.99. The number of hydrogen-bond donors (Lipinski definition) is 2. The second-order valence-corrected chi connectivity index (χ2v) is 12.1. The number of fused-ring (bicyclic) bond motifs is 1. The van der Waals surface area contributed by atoms with Crippen LogP contribution in [-0.4, -0.2) is 41.3 Å². The van der Waals surface area contributed by atoms with Gasteiger partial charge in [0.25, 0.3) is 0 Å². The van der Waals surface area contributed by atoms with Crippen molar-refractivity contribution in [2.45, 2.75) is 46.3 Å². The van der Waals surface area contributed by atoms with E-state index in [0.29, 0.717) is 17.6 Å². The minimum Gasteiger partial charge on any atom is -0.478 e. The van der Waals surface area contributed by atoms with Crippen molar-refractivity contribution in [2.75, 3.05) is 18.4 Å². The Kier molecular flexibility index (Phi) is 8.45. The van der Waals surface area contributed by atoms with Crippen LogP contribution in [0.5, 0.6) is 5.75 Å². The van der Waals surface area contributed by atoms with Gasteiger partial charge in [-0.15, -0.1) is 0 Å². The molecule has 1 aliphatic heterocycles. The molecule has 0 spiro atoms. The van der Waals surface area contributed by atoms with Gasteiger partial charge in [0.1, 0.15) is 18.1 Å². The number of anilines is 1. The quantitative estimate of drug-likeness (QED) is 0.226. The van der Waals surface area contributed by atoms with Crippen LogP contribution in [0.3, 0.4) is 0 Å². The number of carboxylic acids is 1. The van der Waals surface area contributed by atoms with Gasteiger partial charge < -0.3 is 14.6 Å². The molecule has 3 atom stereocenters. The molecule has 2 fully saturated rings. The van der Waals surface area contributed by atoms with Crippen molar-refractivity contribution in [3.63, 3.8) is 0 Å². The molecular weight excluding hydrogens is 516 g/mol. The van der Waals surface area contributed by atoms with Crippen molar-refractivity contribution in [2.24, 2.45) is 17.3 Å². The number of rotatable bonds is 8. The molecule has 0 bridgehead atoms. The summed E-state index contributed by atoms with van der Waals surface area (Å²) in [4.78, 5) is 26.8. The Morgan fingerprint density at radius 3 is 2.20 bits per heavy atom. The molecule has 1 saturated heterocycles. The maximum Gasteiger partial charge on any atom is 0.411 e. The number of hydrogen-bond acceptors (Lipinski definition) is 5. The van der Waals surface area contributed by atoms with E-state index < -0.39 is 17.5 Å². The van der Waals surface area contributed by atoms with Crippen molar-refractivity contribution in [1.82, 2.24) is 4.90 Å². The molecule has 3 aromatic carbocycles. The Bertz CT molecular complexity index is 1380. The van der Waals surface area contributed by atoms with Crippen LogP contribution in [0.1, 0.15) is 39.2 Å². The molecule has 41 heavy (non-hydrogen) atoms. The first-order valence-electron chi connectivity index (χ1n) is 14.2. The molecule has 7 nitrogen and oxygen atoms in total. The second kappa shape index (κ2) is 12.2. The Morgan fingerprint density at radius 1 is 0.927 bits per heavy atom. The molecule has 1 unspecified atom stereocenters. The summed E-state index contributed by atoms with van der Waals surface area (Å²) in [6.07, 6.45) is 2.64. The molecule has 2 N–H and O–H groups in total. The van der Waals surface area contributed by atoms with Crippen molar-refractivity contribution in [3.8, 4) is 16.9 Å². The van der Waals surface area contributed by atoms with Crippen molar-refractivity contribution in [1.29, 1.82) is 0 Å². The average Bonchev–Trinajstić information content (AvgIpc) is 3.47. The molecule has 1 heterocycles. The van der Waals surface area contributed by atoms with E-state index >= 15 is 0 Å². The largest absolute Gasteiger partial charge is 0.478 e. The number of carbonyl (C=O) groups is 2. The number of carboxylic acid groups (broad SMARTS) is 1. The van der Waals surface area contributed by atoms with E-state index in [1.54, 1.807) is 0 Å². The molecule has 1 aliphatic carbocycles. The fourth-order valence-electron chi connectivity index (χ4n) is 5.93. The van der Waals surface area contributed by atoms with Crippen LogP contribution >= 0.6 is 0 Å². The summed E-state index contributed by atoms with van der Waals surface area (Å²) < 4.78 is 11.5. The predicted molar refractivity (Wildman–Crippen MR) is 160 cm³/mol. The van der Waals surface area contributed by atoms with Gasteiger partial charge in [0.15, 0.2) is 0 Å². The van der Waals surface area contributed by atoms with Crippen LogP contribution < -0.4 is 10.1 Å². The standard InChI is InChI=1S/C34H38N2O5/c1-34(2,3)30(32(37)38)22-40-27-15-13-23(14-16-27)19-36-20-25-17-28(18-26(25)21-36)41-33(39)35-31-12-8-7-11-29(31)24-9-5-4-6-10-24/h4-16,22,25-26,28H,17-21H2,1-3H3,(H,35,39)(H,37,38)/t25-,26+,28?. The fourth-order valence-corrected chi connectivity index (χ4v) is 5.93. The van der Waals surface area contributed by atoms with Gasteiger partial charge >= 0.3 is 12.1 Å². The van der Waals surface area contributed by atoms with Crippen LogP contribution in [-0.2, 0) is 16.1 Å². The van der Waals surface area contributed by atoms with Crippen LogP contribution in [0.15, 0.2) is 90.7 Å². The highest BCUT2D eigenvalue weighted by atomic mass is 16.6. The molecule has 3 aromatic rings. The monoisotopic (exact) mass is 554 g/mol. The highest BCUT2D eigenvalue weighted by molar-refractivity contribution is 5.91. The topological polar surface area (TPSA) is 88.1 Å². The molecule has 1 saturated carbocycles. The van der Waals surface area contributed by atoms with E-state index in [1.165, 1.54) is 11.8 Å². The average molecular weight is 555 g/mol. The van der Waals surface area contributed by atoms with Gasteiger partial charge in [-0.25, -0.2) is 9.59 Å². The first-order chi connectivity index (χ1) is 19.7. The summed E-state index contributed by atoms with van der Waals surface area (Å²) in [6.45, 7) is 8.35. The first kappa shape index (κ1) is 28.4. The summed E-state index contributed by atoms with van der Waals surface area (Å²) in [7, 11) is 0. The number of carbonyl (C=O) groups excluding carboxylic acids is 1. The molecule has 2 aliphatic rings. The molecule has 0 aromatic heterocycles. The number of para-hydroxylation sites is 1. The van der Waals surface area contributed by atoms with Crippen LogP contribution in [0.2, 0.25) is 0 Å². The predicted octanol–water partition coefficient (Wildman–Crippen LogP) is 7.21. The molecule has 5 rings (SSSR count). The minimum atomic E-state index is -0.977. The zero-order valence-corrected chi connectivity index (χ0v) is 23.9. The smallest absolute Gasteiger partial charge is 0.411 e. The van der Waals surface area contributed by atoms with E-state index in [9.17, 15) is 14.7 Å². The zero-order chi connectivity index (χ0) is 29.0. The van der Waals surface area contributed by atoms with Gasteiger partial charge in [0.05, 0.1) is 11.3 Å². The van der Waals surface area contributed by atoms with Gasteiger partial charge in [-0.2, -0.15) is 0 Å². The molecule has 1 amide bonds. The van der Waals surface area contributed by atoms with E-state index in [4.69, 9.17) is 9.47 Å². The van der Waals surface area contributed by atoms with Crippen molar-refractivity contribution in [3.05, 3.63) is 96.3 Å². The first-order valence-corrected chi connectivity index (χ1v) is 14.2. The maximum atomic E-state index is 12.8. The number of aliphatic carboxylic acids is 1. The Labute approximate surface area is 241 Å². The number of amides is 1. The van der Waals surface area contributed by atoms with Crippen LogP contribution in [0, 0.1) is 17.3 Å². The summed E-state index contributed by atoms with van der Waals surface area (Å²) in [5, 5.41) is 12.4. The third kappa shape index (κ3) is 7.16. The lowest BCUT2D eigenvalue weighted by atomic mass is 9.87. The zero-order valence-electron chi connectivity index (χ0n) is 23.9. The summed E-state index contributed by atoms with van der Waals surface area (Å²) in [5.74, 6) is 0.669. The lowest BCUT2D eigenvalue weighted by molar-refractivity contribution is -0.133. The number of nitrogens with zero attached hydrogens (tertiary/aromatic N) is 1. The Hall–Kier alpha value is -4.10. The fraction of sp³-hybridized carbons (Fsp3) is 0.353. The lowest BCUT2D eigenvalue weighted by Gasteiger charge is -2.20. The van der Waals surface area contributed by atoms with Crippen LogP contribution in [0.4, 0.5) is 10.5 Å². The number of nitrogens with one attached hydrogen (secondary N) is 1. The van der Waals surface area contributed by atoms with Gasteiger partial charge in [-0.05, 0) is 59.4 Å². The summed E-state index contributed by atoms with van der Waals surface area (Å²) in [6, 6.07) is 25.6. The maximum absolute atomic E-state index is 12.8. The second-order valence-electron chi connectivity index (χ2n) is 12.1. The number of likely N-dealkylation sites (tertiary alicyclic amines) is 1. The van der Waals surface area contributed by atoms with Crippen LogP contribution in [0.25, 0.3) is 11.1 Å². The molecule has 214 valence electrons. The van der Waals surface area contributed by atoms with E-state index in [1.807, 2.05) is 99.6 Å². The van der Waals surface area contributed by atoms with E-state index in [0.717, 1.165) is 49.3 Å². The normalized spacial score (nSPS) is 20.9. The van der Waals surface area contributed by atoms with E-state index in [-0.39, 0.29) is 11.7 Å². The number of ether oxygens (including phenoxy) is 2. The van der Waals surface area contributed by atoms with Crippen molar-refractivity contribution >= 4 is 17.7 Å². The Morgan fingerprint density at radius 2 is 1.56 bits per heavy atom. The van der Waals surface area contributed by atoms with E-state index in [2.05, 4.69) is 10.2 Å². The minimum absolute atomic E-state index is 0.0654. The third-order valence-electron chi connectivity index (χ3n) is 7.99. The molecule has 7 heteroatoms. The Balaban J connectivity index is 1.09. The SMILES string of the molecule is CC(C)(C)C(=COc1ccc(CN2C[C@H]3CC(OC(=O)Nc4ccccc4-c4ccccc4)C[C@H]3C2)cc1)C(=O)O.